The Morgan fingerprint density at radius 3 is 2.47 bits per heavy atom. The Morgan fingerprint density at radius 2 is 2.07 bits per heavy atom. The first kappa shape index (κ1) is 15.2. The summed E-state index contributed by atoms with van der Waals surface area (Å²) in [6.07, 6.45) is 3.09. The van der Waals surface area contributed by atoms with Gasteiger partial charge >= 0.3 is 0 Å². The number of hydrogen-bond acceptors (Lipinski definition) is 4. The molecule has 4 nitrogen and oxygen atoms in total. The van der Waals surface area contributed by atoms with Crippen LogP contribution in [0.25, 0.3) is 0 Å². The molecule has 0 aliphatic rings. The van der Waals surface area contributed by atoms with Crippen LogP contribution >= 0.6 is 11.8 Å². The molecule has 6 heteroatoms. The quantitative estimate of drug-likeness (QED) is 0.696. The fraction of sp³-hybridized carbons (Fsp3) is 1.00. The minimum absolute atomic E-state index is 0.0326. The minimum Gasteiger partial charge on any atom is -0.396 e. The van der Waals surface area contributed by atoms with Gasteiger partial charge in [-0.05, 0) is 19.1 Å². The van der Waals surface area contributed by atoms with Crippen LogP contribution in [0.4, 0.5) is 0 Å². The second-order valence-electron chi connectivity index (χ2n) is 3.43. The summed E-state index contributed by atoms with van der Waals surface area (Å²) in [5.74, 6) is 0.843. The molecule has 0 heterocycles. The molecule has 0 aromatic carbocycles. The first-order chi connectivity index (χ1) is 6.99. The molecule has 0 aromatic rings. The summed E-state index contributed by atoms with van der Waals surface area (Å²) in [4.78, 5) is 0. The van der Waals surface area contributed by atoms with Crippen LogP contribution in [-0.4, -0.2) is 55.3 Å². The Morgan fingerprint density at radius 1 is 1.47 bits per heavy atom. The molecule has 0 amide bonds. The highest BCUT2D eigenvalue weighted by atomic mass is 32.2. The topological polar surface area (TPSA) is 57.6 Å². The van der Waals surface area contributed by atoms with E-state index < -0.39 is 10.0 Å². The standard InChI is InChI=1S/C9H21NO3S2/c1-4-9(8-14-3)10(2)15(12,13)7-5-6-11/h9,11H,4-8H2,1-3H3. The van der Waals surface area contributed by atoms with Crippen molar-refractivity contribution >= 4 is 21.8 Å². The number of sulfonamides is 1. The number of aliphatic hydroxyl groups excluding tert-OH is 1. The third kappa shape index (κ3) is 5.19. The van der Waals surface area contributed by atoms with Gasteiger partial charge < -0.3 is 5.11 Å². The van der Waals surface area contributed by atoms with Gasteiger partial charge in [-0.15, -0.1) is 0 Å². The summed E-state index contributed by atoms with van der Waals surface area (Å²) < 4.78 is 25.0. The number of nitrogens with zero attached hydrogens (tertiary/aromatic N) is 1. The van der Waals surface area contributed by atoms with Crippen LogP contribution in [0.15, 0.2) is 0 Å². The second kappa shape index (κ2) is 7.49. The van der Waals surface area contributed by atoms with E-state index in [-0.39, 0.29) is 18.4 Å². The molecule has 0 spiro atoms. The fourth-order valence-corrected chi connectivity index (χ4v) is 3.69. The van der Waals surface area contributed by atoms with Gasteiger partial charge in [-0.25, -0.2) is 12.7 Å². The highest BCUT2D eigenvalue weighted by Gasteiger charge is 2.23. The van der Waals surface area contributed by atoms with Crippen LogP contribution < -0.4 is 0 Å². The van der Waals surface area contributed by atoms with Gasteiger partial charge in [-0.2, -0.15) is 11.8 Å². The Labute approximate surface area is 97.1 Å². The molecule has 0 aliphatic heterocycles. The predicted molar refractivity (Wildman–Crippen MR) is 65.7 cm³/mol. The van der Waals surface area contributed by atoms with Crippen LogP contribution in [0.5, 0.6) is 0 Å². The van der Waals surface area contributed by atoms with Gasteiger partial charge in [0.05, 0.1) is 5.75 Å². The van der Waals surface area contributed by atoms with Gasteiger partial charge in [0.15, 0.2) is 0 Å². The Hall–Kier alpha value is 0.220. The van der Waals surface area contributed by atoms with E-state index in [4.69, 9.17) is 5.11 Å². The average molecular weight is 255 g/mol. The van der Waals surface area contributed by atoms with Crippen LogP contribution in [0.2, 0.25) is 0 Å². The Kier molecular flexibility index (Phi) is 7.60. The van der Waals surface area contributed by atoms with Crippen molar-refractivity contribution in [3.63, 3.8) is 0 Å². The van der Waals surface area contributed by atoms with Gasteiger partial charge in [0.2, 0.25) is 10.0 Å². The molecular weight excluding hydrogens is 234 g/mol. The lowest BCUT2D eigenvalue weighted by molar-refractivity contribution is 0.293. The molecule has 0 saturated carbocycles. The van der Waals surface area contributed by atoms with Crippen LogP contribution in [-0.2, 0) is 10.0 Å². The lowest BCUT2D eigenvalue weighted by Crippen LogP contribution is -2.39. The number of hydrogen-bond donors (Lipinski definition) is 1. The minimum atomic E-state index is -3.20. The zero-order chi connectivity index (χ0) is 11.9. The van der Waals surface area contributed by atoms with Crippen molar-refractivity contribution in [1.82, 2.24) is 4.31 Å². The van der Waals surface area contributed by atoms with E-state index in [2.05, 4.69) is 0 Å². The van der Waals surface area contributed by atoms with Crippen molar-refractivity contribution in [2.24, 2.45) is 0 Å². The van der Waals surface area contributed by atoms with E-state index in [1.807, 2.05) is 13.2 Å². The summed E-state index contributed by atoms with van der Waals surface area (Å²) in [7, 11) is -1.57. The zero-order valence-corrected chi connectivity index (χ0v) is 11.3. The molecule has 0 aromatic heterocycles. The van der Waals surface area contributed by atoms with E-state index in [9.17, 15) is 8.42 Å². The predicted octanol–water partition coefficient (Wildman–Crippen LogP) is 0.772. The van der Waals surface area contributed by atoms with Crippen molar-refractivity contribution < 1.29 is 13.5 Å². The van der Waals surface area contributed by atoms with Gasteiger partial charge in [0.1, 0.15) is 0 Å². The monoisotopic (exact) mass is 255 g/mol. The molecule has 0 fully saturated rings. The number of thioether (sulfide) groups is 1. The summed E-state index contributed by atoms with van der Waals surface area (Å²) >= 11 is 1.65. The molecular formula is C9H21NO3S2. The van der Waals surface area contributed by atoms with Gasteiger partial charge in [0.25, 0.3) is 0 Å². The highest BCUT2D eigenvalue weighted by molar-refractivity contribution is 7.98. The molecule has 1 unspecified atom stereocenters. The SMILES string of the molecule is CCC(CSC)N(C)S(=O)(=O)CCCO. The molecule has 0 radical (unpaired) electrons. The van der Waals surface area contributed by atoms with E-state index in [0.29, 0.717) is 6.42 Å². The van der Waals surface area contributed by atoms with Gasteiger partial charge in [0, 0.05) is 25.4 Å². The van der Waals surface area contributed by atoms with Gasteiger partial charge in [-0.3, -0.25) is 0 Å². The number of aliphatic hydroxyl groups is 1. The molecule has 0 bridgehead atoms. The maximum Gasteiger partial charge on any atom is 0.214 e. The molecule has 0 saturated heterocycles. The second-order valence-corrected chi connectivity index (χ2v) is 6.49. The smallest absolute Gasteiger partial charge is 0.214 e. The lowest BCUT2D eigenvalue weighted by atomic mass is 10.3. The van der Waals surface area contributed by atoms with Crippen LogP contribution in [0.3, 0.4) is 0 Å². The normalized spacial score (nSPS) is 14.5. The van der Waals surface area contributed by atoms with E-state index in [1.165, 1.54) is 4.31 Å². The third-order valence-corrected chi connectivity index (χ3v) is 5.04. The van der Waals surface area contributed by atoms with Gasteiger partial charge in [-0.1, -0.05) is 6.92 Å². The maximum absolute atomic E-state index is 11.8. The van der Waals surface area contributed by atoms with E-state index >= 15 is 0 Å². The third-order valence-electron chi connectivity index (χ3n) is 2.34. The first-order valence-electron chi connectivity index (χ1n) is 5.05. The zero-order valence-electron chi connectivity index (χ0n) is 9.64. The summed E-state index contributed by atoms with van der Waals surface area (Å²) in [6, 6.07) is 0.0590. The summed E-state index contributed by atoms with van der Waals surface area (Å²) in [5.41, 5.74) is 0. The maximum atomic E-state index is 11.8. The van der Waals surface area contributed by atoms with Crippen LogP contribution in [0, 0.1) is 0 Å². The summed E-state index contributed by atoms with van der Waals surface area (Å²) in [6.45, 7) is 1.91. The first-order valence-corrected chi connectivity index (χ1v) is 8.05. The molecule has 15 heavy (non-hydrogen) atoms. The van der Waals surface area contributed by atoms with Crippen molar-refractivity contribution in [2.75, 3.05) is 31.4 Å². The van der Waals surface area contributed by atoms with Crippen molar-refractivity contribution in [2.45, 2.75) is 25.8 Å². The van der Waals surface area contributed by atoms with Crippen molar-refractivity contribution in [1.29, 1.82) is 0 Å². The fourth-order valence-electron chi connectivity index (χ4n) is 1.29. The number of rotatable bonds is 8. The Balaban J connectivity index is 4.43. The van der Waals surface area contributed by atoms with E-state index in [0.717, 1.165) is 12.2 Å². The summed E-state index contributed by atoms with van der Waals surface area (Å²) in [5, 5.41) is 8.62. The highest BCUT2D eigenvalue weighted by Crippen LogP contribution is 2.13. The lowest BCUT2D eigenvalue weighted by Gasteiger charge is -2.25. The largest absolute Gasteiger partial charge is 0.396 e. The van der Waals surface area contributed by atoms with E-state index in [1.54, 1.807) is 18.8 Å². The van der Waals surface area contributed by atoms with Crippen molar-refractivity contribution in [3.8, 4) is 0 Å². The van der Waals surface area contributed by atoms with Crippen molar-refractivity contribution in [3.05, 3.63) is 0 Å². The Bertz CT molecular complexity index is 254. The molecule has 0 aliphatic carbocycles. The molecule has 1 atom stereocenters. The molecule has 92 valence electrons. The molecule has 1 N–H and O–H groups in total. The average Bonchev–Trinajstić information content (AvgIpc) is 2.22. The van der Waals surface area contributed by atoms with Crippen LogP contribution in [0.1, 0.15) is 19.8 Å². The molecule has 0 rings (SSSR count).